The molecule has 0 saturated heterocycles. The van der Waals surface area contributed by atoms with Gasteiger partial charge in [-0.1, -0.05) is 37.1 Å². The average Bonchev–Trinajstić information content (AvgIpc) is 4.02. The Hall–Kier alpha value is -4.71. The number of alkyl carbamates (subject to hydrolysis) is 1. The van der Waals surface area contributed by atoms with Crippen LogP contribution in [0.15, 0.2) is 52.4 Å². The minimum Gasteiger partial charge on any atom is -0.453 e. The summed E-state index contributed by atoms with van der Waals surface area (Å²) in [4.78, 5) is 41.1. The van der Waals surface area contributed by atoms with Gasteiger partial charge in [0.15, 0.2) is 0 Å². The zero-order valence-corrected chi connectivity index (χ0v) is 31.6. The lowest BCUT2D eigenvalue weighted by Gasteiger charge is -2.23. The van der Waals surface area contributed by atoms with Gasteiger partial charge in [-0.2, -0.15) is 0 Å². The monoisotopic (exact) mass is 725 g/mol. The Labute approximate surface area is 310 Å². The molecule has 0 bridgehead atoms. The van der Waals surface area contributed by atoms with E-state index in [0.29, 0.717) is 18.4 Å². The van der Waals surface area contributed by atoms with E-state index in [-0.39, 0.29) is 11.8 Å². The van der Waals surface area contributed by atoms with Crippen LogP contribution < -0.4 is 10.6 Å². The number of hydrogen-bond donors (Lipinski definition) is 3. The van der Waals surface area contributed by atoms with Gasteiger partial charge >= 0.3 is 6.09 Å². The van der Waals surface area contributed by atoms with Crippen LogP contribution in [-0.4, -0.2) is 72.5 Å². The molecule has 52 heavy (non-hydrogen) atoms. The van der Waals surface area contributed by atoms with Crippen molar-refractivity contribution in [1.82, 2.24) is 25.3 Å². The standard InChI is InChI=1S/C40H51N7O4S/c1-6-32(46-39(49)50-5)38(48)47(4)19-10-7-14-35-43-24-28(45-35)12-11-13-29(27-23-44-51-25-27)37-31-22-40(17-8-9-18-40)21-30(31)36(52-37)26-15-16-33(41-2)34(20-26)42-3/h11-12,15-16,20,23-25,29,32,42H,2,6-10,13-14,17-19,21-22H2,1,3-5H3,(H,43,45)(H,46,49). The predicted molar refractivity (Wildman–Crippen MR) is 208 cm³/mol. The zero-order chi connectivity index (χ0) is 36.7. The summed E-state index contributed by atoms with van der Waals surface area (Å²) in [6.45, 7) is 6.22. The zero-order valence-electron chi connectivity index (χ0n) is 30.8. The summed E-state index contributed by atoms with van der Waals surface area (Å²) in [6.07, 6.45) is 20.6. The smallest absolute Gasteiger partial charge is 0.407 e. The third-order valence-corrected chi connectivity index (χ3v) is 12.3. The molecular weight excluding hydrogens is 675 g/mol. The normalized spacial score (nSPS) is 15.8. The number of methoxy groups -OCH3 is 1. The van der Waals surface area contributed by atoms with Crippen molar-refractivity contribution in [2.45, 2.75) is 89.5 Å². The first kappa shape index (κ1) is 37.1. The van der Waals surface area contributed by atoms with Gasteiger partial charge in [0.1, 0.15) is 18.1 Å². The molecule has 11 nitrogen and oxygen atoms in total. The number of thiophene rings is 1. The number of aromatic amines is 1. The molecule has 1 spiro atoms. The number of nitrogens with one attached hydrogen (secondary N) is 3. The van der Waals surface area contributed by atoms with Gasteiger partial charge in [-0.05, 0) is 98.4 Å². The number of carbonyl (C=O) groups is 2. The summed E-state index contributed by atoms with van der Waals surface area (Å²) < 4.78 is 10.1. The number of anilines is 1. The molecular formula is C40H51N7O4S. The number of carbonyl (C=O) groups excluding carboxylic acids is 2. The molecule has 6 rings (SSSR count). The number of allylic oxidation sites excluding steroid dienone is 1. The lowest BCUT2D eigenvalue weighted by molar-refractivity contribution is -0.132. The predicted octanol–water partition coefficient (Wildman–Crippen LogP) is 8.31. The summed E-state index contributed by atoms with van der Waals surface area (Å²) in [5.74, 6) is 0.929. The number of aliphatic imine (C=N–C) groups is 1. The van der Waals surface area contributed by atoms with E-state index < -0.39 is 12.1 Å². The van der Waals surface area contributed by atoms with E-state index in [9.17, 15) is 9.59 Å². The minimum absolute atomic E-state index is 0.118. The molecule has 2 atom stereocenters. The Morgan fingerprint density at radius 1 is 1.21 bits per heavy atom. The lowest BCUT2D eigenvalue weighted by atomic mass is 9.82. The van der Waals surface area contributed by atoms with Crippen molar-refractivity contribution in [2.24, 2.45) is 10.4 Å². The molecule has 276 valence electrons. The number of aromatic nitrogens is 3. The van der Waals surface area contributed by atoms with Gasteiger partial charge in [-0.3, -0.25) is 9.79 Å². The van der Waals surface area contributed by atoms with Gasteiger partial charge in [0.25, 0.3) is 0 Å². The maximum atomic E-state index is 12.7. The number of ether oxygens (including phenoxy) is 1. The van der Waals surface area contributed by atoms with E-state index in [0.717, 1.165) is 67.0 Å². The van der Waals surface area contributed by atoms with E-state index in [1.54, 1.807) is 18.2 Å². The topological polar surface area (TPSA) is 138 Å². The molecule has 2 unspecified atom stereocenters. The Morgan fingerprint density at radius 3 is 2.73 bits per heavy atom. The van der Waals surface area contributed by atoms with Crippen LogP contribution in [0.25, 0.3) is 16.5 Å². The number of nitrogens with zero attached hydrogens (tertiary/aromatic N) is 4. The Balaban J connectivity index is 1.14. The van der Waals surface area contributed by atoms with E-state index in [2.05, 4.69) is 72.6 Å². The van der Waals surface area contributed by atoms with Gasteiger partial charge in [0.2, 0.25) is 5.91 Å². The van der Waals surface area contributed by atoms with Gasteiger partial charge < -0.3 is 29.8 Å². The molecule has 12 heteroatoms. The number of hydrogen-bond acceptors (Lipinski definition) is 9. The molecule has 3 heterocycles. The van der Waals surface area contributed by atoms with Crippen LogP contribution in [-0.2, 0) is 28.8 Å². The van der Waals surface area contributed by atoms with Gasteiger partial charge in [0.05, 0.1) is 36.6 Å². The van der Waals surface area contributed by atoms with E-state index in [1.807, 2.05) is 37.7 Å². The summed E-state index contributed by atoms with van der Waals surface area (Å²) >= 11 is 1.92. The van der Waals surface area contributed by atoms with Crippen molar-refractivity contribution in [3.05, 3.63) is 76.0 Å². The first-order valence-electron chi connectivity index (χ1n) is 18.4. The van der Waals surface area contributed by atoms with Crippen LogP contribution in [0.3, 0.4) is 0 Å². The SMILES string of the molecule is C=Nc1ccc(-c2sc(C(CC=Cc3cnc(CCCCN(C)C(=O)C(CC)NC(=O)OC)[nH]3)c3cnoc3)c3c2CC2(CCCC2)C3)cc1NC. The Bertz CT molecular complexity index is 1870. The van der Waals surface area contributed by atoms with Gasteiger partial charge in [-0.25, -0.2) is 9.78 Å². The van der Waals surface area contributed by atoms with E-state index in [1.165, 1.54) is 59.2 Å². The van der Waals surface area contributed by atoms with Crippen molar-refractivity contribution in [3.63, 3.8) is 0 Å². The number of amides is 2. The van der Waals surface area contributed by atoms with E-state index >= 15 is 0 Å². The molecule has 0 aliphatic heterocycles. The first-order valence-corrected chi connectivity index (χ1v) is 19.2. The lowest BCUT2D eigenvalue weighted by Crippen LogP contribution is -2.47. The Morgan fingerprint density at radius 2 is 2.02 bits per heavy atom. The Kier molecular flexibility index (Phi) is 11.9. The molecule has 3 aromatic heterocycles. The molecule has 4 aromatic rings. The number of H-pyrrole nitrogens is 1. The number of benzene rings is 1. The maximum absolute atomic E-state index is 12.7. The minimum atomic E-state index is -0.598. The second kappa shape index (κ2) is 16.8. The fourth-order valence-electron chi connectivity index (χ4n) is 7.98. The van der Waals surface area contributed by atoms with Crippen molar-refractivity contribution >= 4 is 47.5 Å². The third kappa shape index (κ3) is 8.17. The van der Waals surface area contributed by atoms with E-state index in [4.69, 9.17) is 4.52 Å². The number of fused-ring (bicyclic) bond motifs is 1. The third-order valence-electron chi connectivity index (χ3n) is 10.8. The molecule has 1 saturated carbocycles. The quantitative estimate of drug-likeness (QED) is 0.0781. The molecule has 0 radical (unpaired) electrons. The number of aryl methyl sites for hydroxylation is 1. The fraction of sp³-hybridized carbons (Fsp3) is 0.475. The average molecular weight is 726 g/mol. The second-order valence-electron chi connectivity index (χ2n) is 14.2. The van der Waals surface area contributed by atoms with Crippen molar-refractivity contribution in [1.29, 1.82) is 0 Å². The number of imidazole rings is 1. The number of rotatable bonds is 16. The highest BCUT2D eigenvalue weighted by molar-refractivity contribution is 7.16. The maximum Gasteiger partial charge on any atom is 0.407 e. The fourth-order valence-corrected chi connectivity index (χ4v) is 9.46. The molecule has 1 fully saturated rings. The van der Waals surface area contributed by atoms with Crippen LogP contribution in [0.5, 0.6) is 0 Å². The largest absolute Gasteiger partial charge is 0.453 e. The van der Waals surface area contributed by atoms with Crippen molar-refractivity contribution < 1.29 is 18.8 Å². The van der Waals surface area contributed by atoms with Crippen LogP contribution in [0.2, 0.25) is 0 Å². The molecule has 2 aliphatic carbocycles. The molecule has 2 amide bonds. The van der Waals surface area contributed by atoms with Gasteiger partial charge in [0, 0.05) is 48.3 Å². The van der Waals surface area contributed by atoms with Crippen LogP contribution >= 0.6 is 11.3 Å². The highest BCUT2D eigenvalue weighted by atomic mass is 32.1. The van der Waals surface area contributed by atoms with Crippen molar-refractivity contribution in [3.8, 4) is 10.4 Å². The summed E-state index contributed by atoms with van der Waals surface area (Å²) in [5, 5.41) is 10.0. The van der Waals surface area contributed by atoms with Crippen molar-refractivity contribution in [2.75, 3.05) is 33.1 Å². The molecule has 2 aliphatic rings. The molecule has 1 aromatic carbocycles. The summed E-state index contributed by atoms with van der Waals surface area (Å²) in [6, 6.07) is 5.88. The number of likely N-dealkylation sites (N-methyl/N-ethyl adjacent to an activating group) is 1. The summed E-state index contributed by atoms with van der Waals surface area (Å²) in [5.41, 5.74) is 8.55. The highest BCUT2D eigenvalue weighted by Gasteiger charge is 2.43. The second-order valence-corrected chi connectivity index (χ2v) is 15.3. The molecule has 3 N–H and O–H groups in total. The highest BCUT2D eigenvalue weighted by Crippen LogP contribution is 2.56. The first-order chi connectivity index (χ1) is 25.3. The van der Waals surface area contributed by atoms with Gasteiger partial charge in [-0.15, -0.1) is 11.3 Å². The summed E-state index contributed by atoms with van der Waals surface area (Å²) in [7, 11) is 4.99. The van der Waals surface area contributed by atoms with Crippen LogP contribution in [0, 0.1) is 5.41 Å². The number of unbranched alkanes of at least 4 members (excludes halogenated alkanes) is 1. The van der Waals surface area contributed by atoms with Crippen LogP contribution in [0.1, 0.15) is 97.3 Å². The van der Waals surface area contributed by atoms with Crippen LogP contribution in [0.4, 0.5) is 16.2 Å².